The first-order valence-corrected chi connectivity index (χ1v) is 10.0. The topological polar surface area (TPSA) is 84.9 Å². The van der Waals surface area contributed by atoms with E-state index in [1.54, 1.807) is 0 Å². The van der Waals surface area contributed by atoms with Gasteiger partial charge in [0, 0.05) is 18.7 Å². The van der Waals surface area contributed by atoms with Crippen LogP contribution in [0.4, 0.5) is 18.0 Å². The van der Waals surface area contributed by atoms with Crippen molar-refractivity contribution in [3.05, 3.63) is 64.3 Å². The first kappa shape index (κ1) is 23.2. The van der Waals surface area contributed by atoms with E-state index in [9.17, 15) is 27.6 Å². The van der Waals surface area contributed by atoms with Crippen LogP contribution in [0.25, 0.3) is 6.08 Å². The second-order valence-corrected chi connectivity index (χ2v) is 7.38. The molecule has 168 valence electrons. The molecule has 0 spiro atoms. The number of rotatable bonds is 8. The van der Waals surface area contributed by atoms with Crippen LogP contribution in [0.5, 0.6) is 11.5 Å². The maximum atomic E-state index is 13.0. The number of amides is 3. The van der Waals surface area contributed by atoms with Crippen molar-refractivity contribution in [2.75, 3.05) is 20.2 Å². The van der Waals surface area contributed by atoms with Gasteiger partial charge >= 0.3 is 6.61 Å². The molecule has 0 unspecified atom stereocenters. The van der Waals surface area contributed by atoms with Crippen LogP contribution in [0.2, 0.25) is 0 Å². The van der Waals surface area contributed by atoms with E-state index in [4.69, 9.17) is 4.74 Å². The van der Waals surface area contributed by atoms with Crippen molar-refractivity contribution in [3.63, 3.8) is 0 Å². The summed E-state index contributed by atoms with van der Waals surface area (Å²) in [5.41, 5.74) is 0.687. The summed E-state index contributed by atoms with van der Waals surface area (Å²) in [6.45, 7) is -3.14. The number of thioether (sulfide) groups is 1. The summed E-state index contributed by atoms with van der Waals surface area (Å²) in [4.78, 5) is 38.1. The van der Waals surface area contributed by atoms with E-state index in [-0.39, 0.29) is 35.1 Å². The van der Waals surface area contributed by atoms with Gasteiger partial charge in [0.15, 0.2) is 11.5 Å². The van der Waals surface area contributed by atoms with E-state index in [2.05, 4.69) is 10.1 Å². The van der Waals surface area contributed by atoms with E-state index in [0.717, 1.165) is 16.7 Å². The first-order valence-electron chi connectivity index (χ1n) is 9.20. The van der Waals surface area contributed by atoms with Crippen LogP contribution in [0.1, 0.15) is 15.9 Å². The molecular formula is C21H17F3N2O5S. The normalized spacial score (nSPS) is 14.9. The summed E-state index contributed by atoms with van der Waals surface area (Å²) in [5.74, 6) is -1.76. The van der Waals surface area contributed by atoms with E-state index >= 15 is 0 Å². The van der Waals surface area contributed by atoms with Crippen LogP contribution in [0.3, 0.4) is 0 Å². The number of carbonyl (C=O) groups is 3. The zero-order chi connectivity index (χ0) is 23.3. The Morgan fingerprint density at radius 2 is 1.88 bits per heavy atom. The molecule has 3 amide bonds. The fourth-order valence-electron chi connectivity index (χ4n) is 2.79. The lowest BCUT2D eigenvalue weighted by Crippen LogP contribution is -2.37. The molecule has 7 nitrogen and oxygen atoms in total. The van der Waals surface area contributed by atoms with Gasteiger partial charge in [-0.05, 0) is 53.7 Å². The second kappa shape index (κ2) is 10.2. The molecule has 2 aromatic carbocycles. The van der Waals surface area contributed by atoms with Gasteiger partial charge in [-0.25, -0.2) is 4.39 Å². The molecule has 0 aliphatic carbocycles. The highest BCUT2D eigenvalue weighted by molar-refractivity contribution is 8.18. The van der Waals surface area contributed by atoms with Crippen LogP contribution >= 0.6 is 11.8 Å². The number of methoxy groups -OCH3 is 1. The van der Waals surface area contributed by atoms with Crippen LogP contribution in [0.15, 0.2) is 47.4 Å². The molecule has 1 fully saturated rings. The minimum Gasteiger partial charge on any atom is -0.493 e. The Morgan fingerprint density at radius 3 is 2.53 bits per heavy atom. The van der Waals surface area contributed by atoms with Gasteiger partial charge < -0.3 is 14.8 Å². The second-order valence-electron chi connectivity index (χ2n) is 6.38. The van der Waals surface area contributed by atoms with Gasteiger partial charge in [-0.1, -0.05) is 12.1 Å². The largest absolute Gasteiger partial charge is 0.493 e. The summed E-state index contributed by atoms with van der Waals surface area (Å²) >= 11 is 0.748. The quantitative estimate of drug-likeness (QED) is 0.594. The number of ether oxygens (including phenoxy) is 2. The van der Waals surface area contributed by atoms with Crippen molar-refractivity contribution < 1.29 is 37.0 Å². The molecule has 0 bridgehead atoms. The third kappa shape index (κ3) is 5.61. The Kier molecular flexibility index (Phi) is 7.41. The van der Waals surface area contributed by atoms with Crippen LogP contribution in [-0.2, 0) is 4.79 Å². The summed E-state index contributed by atoms with van der Waals surface area (Å²) < 4.78 is 47.1. The Labute approximate surface area is 185 Å². The molecule has 1 aliphatic heterocycles. The van der Waals surface area contributed by atoms with Gasteiger partial charge in [-0.3, -0.25) is 19.3 Å². The smallest absolute Gasteiger partial charge is 0.387 e. The monoisotopic (exact) mass is 466 g/mol. The highest BCUT2D eigenvalue weighted by atomic mass is 32.2. The maximum Gasteiger partial charge on any atom is 0.387 e. The maximum absolute atomic E-state index is 13.0. The Hall–Kier alpha value is -3.47. The van der Waals surface area contributed by atoms with E-state index in [0.29, 0.717) is 5.56 Å². The molecule has 0 atom stereocenters. The molecule has 32 heavy (non-hydrogen) atoms. The molecule has 3 rings (SSSR count). The highest BCUT2D eigenvalue weighted by Gasteiger charge is 2.34. The fraction of sp³-hybridized carbons (Fsp3) is 0.190. The van der Waals surface area contributed by atoms with Gasteiger partial charge in [-0.15, -0.1) is 0 Å². The van der Waals surface area contributed by atoms with E-state index < -0.39 is 29.5 Å². The van der Waals surface area contributed by atoms with E-state index in [1.165, 1.54) is 55.7 Å². The summed E-state index contributed by atoms with van der Waals surface area (Å²) in [6, 6.07) is 9.14. The minimum absolute atomic E-state index is 0.0295. The van der Waals surface area contributed by atoms with Gasteiger partial charge in [0.05, 0.1) is 12.0 Å². The number of hydrogen-bond donors (Lipinski definition) is 1. The zero-order valence-corrected chi connectivity index (χ0v) is 17.5. The first-order chi connectivity index (χ1) is 15.3. The Morgan fingerprint density at radius 1 is 1.16 bits per heavy atom. The number of hydrogen-bond acceptors (Lipinski definition) is 6. The fourth-order valence-corrected chi connectivity index (χ4v) is 3.65. The standard InChI is InChI=1S/C21H17F3N2O5S/c1-30-16-11-13(4-7-15(16)31-20(23)24)18(27)25-8-9-26-19(28)17(32-21(26)29)10-12-2-5-14(22)6-3-12/h2-7,10-11,20H,8-9H2,1H3,(H,25,27). The molecule has 1 saturated heterocycles. The van der Waals surface area contributed by atoms with Gasteiger partial charge in [-0.2, -0.15) is 8.78 Å². The third-order valence-corrected chi connectivity index (χ3v) is 5.21. The highest BCUT2D eigenvalue weighted by Crippen LogP contribution is 2.32. The number of nitrogens with zero attached hydrogens (tertiary/aromatic N) is 1. The lowest BCUT2D eigenvalue weighted by Gasteiger charge is -2.14. The van der Waals surface area contributed by atoms with Crippen molar-refractivity contribution in [3.8, 4) is 11.5 Å². The number of alkyl halides is 2. The van der Waals surface area contributed by atoms with Gasteiger partial charge in [0.2, 0.25) is 0 Å². The molecule has 11 heteroatoms. The molecule has 2 aromatic rings. The molecule has 0 aromatic heterocycles. The average molecular weight is 466 g/mol. The van der Waals surface area contributed by atoms with Crippen molar-refractivity contribution in [2.24, 2.45) is 0 Å². The van der Waals surface area contributed by atoms with Crippen LogP contribution in [0, 0.1) is 5.82 Å². The van der Waals surface area contributed by atoms with Crippen molar-refractivity contribution >= 4 is 34.9 Å². The molecule has 1 N–H and O–H groups in total. The number of imide groups is 1. The number of nitrogens with one attached hydrogen (secondary N) is 1. The van der Waals surface area contributed by atoms with Crippen molar-refractivity contribution in [1.82, 2.24) is 10.2 Å². The van der Waals surface area contributed by atoms with E-state index in [1.807, 2.05) is 0 Å². The van der Waals surface area contributed by atoms with Crippen LogP contribution in [-0.4, -0.2) is 48.8 Å². The lowest BCUT2D eigenvalue weighted by atomic mass is 10.2. The number of halogens is 3. The van der Waals surface area contributed by atoms with Crippen molar-refractivity contribution in [1.29, 1.82) is 0 Å². The number of benzene rings is 2. The summed E-state index contributed by atoms with van der Waals surface area (Å²) in [6.07, 6.45) is 1.48. The summed E-state index contributed by atoms with van der Waals surface area (Å²) in [5, 5.41) is 2.06. The molecule has 1 aliphatic rings. The SMILES string of the molecule is COc1cc(C(=O)NCCN2C(=O)SC(=Cc3ccc(F)cc3)C2=O)ccc1OC(F)F. The third-order valence-electron chi connectivity index (χ3n) is 4.30. The lowest BCUT2D eigenvalue weighted by molar-refractivity contribution is -0.122. The Balaban J connectivity index is 1.59. The average Bonchev–Trinajstić information content (AvgIpc) is 3.02. The Bertz CT molecular complexity index is 1060. The summed E-state index contributed by atoms with van der Waals surface area (Å²) in [7, 11) is 1.24. The van der Waals surface area contributed by atoms with Crippen LogP contribution < -0.4 is 14.8 Å². The van der Waals surface area contributed by atoms with Gasteiger partial charge in [0.25, 0.3) is 17.1 Å². The predicted octanol–water partition coefficient (Wildman–Crippen LogP) is 3.90. The molecule has 0 saturated carbocycles. The predicted molar refractivity (Wildman–Crippen MR) is 111 cm³/mol. The number of carbonyl (C=O) groups excluding carboxylic acids is 3. The minimum atomic E-state index is -3.04. The zero-order valence-electron chi connectivity index (χ0n) is 16.6. The molecule has 1 heterocycles. The molecular weight excluding hydrogens is 449 g/mol. The van der Waals surface area contributed by atoms with Crippen molar-refractivity contribution in [2.45, 2.75) is 6.61 Å². The molecule has 0 radical (unpaired) electrons. The van der Waals surface area contributed by atoms with Gasteiger partial charge in [0.1, 0.15) is 5.82 Å².